The Labute approximate surface area is 195 Å². The number of carbonyl (C=O) groups is 2. The second-order valence-electron chi connectivity index (χ2n) is 7.41. The Balaban J connectivity index is 1.89. The van der Waals surface area contributed by atoms with Crippen LogP contribution in [-0.4, -0.2) is 40.9 Å². The van der Waals surface area contributed by atoms with Gasteiger partial charge < -0.3 is 19.5 Å². The molecule has 3 aromatic rings. The molecule has 0 aliphatic carbocycles. The molecular weight excluding hydrogens is 444 g/mol. The number of amides is 1. The predicted molar refractivity (Wildman–Crippen MR) is 123 cm³/mol. The zero-order valence-corrected chi connectivity index (χ0v) is 18.7. The van der Waals surface area contributed by atoms with Crippen LogP contribution >= 0.6 is 11.6 Å². The van der Waals surface area contributed by atoms with E-state index in [1.54, 1.807) is 60.9 Å². The highest BCUT2D eigenvalue weighted by molar-refractivity contribution is 6.46. The van der Waals surface area contributed by atoms with E-state index < -0.39 is 17.7 Å². The lowest BCUT2D eigenvalue weighted by Crippen LogP contribution is -2.29. The van der Waals surface area contributed by atoms with Crippen LogP contribution in [-0.2, 0) is 16.1 Å². The zero-order chi connectivity index (χ0) is 23.5. The van der Waals surface area contributed by atoms with Crippen molar-refractivity contribution in [3.8, 4) is 11.5 Å². The quantitative estimate of drug-likeness (QED) is 0.331. The Morgan fingerprint density at radius 2 is 1.79 bits per heavy atom. The fourth-order valence-electron chi connectivity index (χ4n) is 3.86. The van der Waals surface area contributed by atoms with E-state index in [-0.39, 0.29) is 17.9 Å². The molecular formula is C25H21ClN2O5. The largest absolute Gasteiger partial charge is 0.507 e. The maximum Gasteiger partial charge on any atom is 0.295 e. The summed E-state index contributed by atoms with van der Waals surface area (Å²) >= 11 is 5.97. The normalized spacial score (nSPS) is 17.3. The van der Waals surface area contributed by atoms with Crippen molar-refractivity contribution < 1.29 is 24.2 Å². The number of aromatic nitrogens is 1. The summed E-state index contributed by atoms with van der Waals surface area (Å²) in [7, 11) is 3.02. The smallest absolute Gasteiger partial charge is 0.295 e. The topological polar surface area (TPSA) is 89.0 Å². The summed E-state index contributed by atoms with van der Waals surface area (Å²) in [5.41, 5.74) is 1.70. The van der Waals surface area contributed by atoms with Crippen LogP contribution in [0.2, 0.25) is 5.02 Å². The van der Waals surface area contributed by atoms with Crippen molar-refractivity contribution >= 4 is 29.1 Å². The maximum atomic E-state index is 13.1. The molecule has 0 radical (unpaired) electrons. The van der Waals surface area contributed by atoms with Crippen molar-refractivity contribution in [3.05, 3.63) is 94.3 Å². The van der Waals surface area contributed by atoms with Gasteiger partial charge in [0, 0.05) is 29.5 Å². The van der Waals surface area contributed by atoms with Crippen LogP contribution in [0.1, 0.15) is 22.7 Å². The summed E-state index contributed by atoms with van der Waals surface area (Å²) in [5.74, 6) is -0.824. The highest BCUT2D eigenvalue weighted by Gasteiger charge is 2.46. The van der Waals surface area contributed by atoms with Gasteiger partial charge in [0.1, 0.15) is 5.76 Å². The number of aliphatic hydroxyl groups is 1. The lowest BCUT2D eigenvalue weighted by atomic mass is 9.95. The molecule has 2 heterocycles. The van der Waals surface area contributed by atoms with Gasteiger partial charge in [0.25, 0.3) is 11.7 Å². The molecule has 0 unspecified atom stereocenters. The first-order chi connectivity index (χ1) is 15.9. The average Bonchev–Trinajstić information content (AvgIpc) is 3.09. The summed E-state index contributed by atoms with van der Waals surface area (Å²) in [5, 5.41) is 11.6. The van der Waals surface area contributed by atoms with Crippen molar-refractivity contribution in [2.24, 2.45) is 0 Å². The second-order valence-corrected chi connectivity index (χ2v) is 7.85. The van der Waals surface area contributed by atoms with E-state index in [1.165, 1.54) is 19.1 Å². The van der Waals surface area contributed by atoms with Gasteiger partial charge in [-0.3, -0.25) is 14.6 Å². The molecule has 8 heteroatoms. The molecule has 1 atom stereocenters. The van der Waals surface area contributed by atoms with E-state index >= 15 is 0 Å². The van der Waals surface area contributed by atoms with Crippen LogP contribution in [0.3, 0.4) is 0 Å². The van der Waals surface area contributed by atoms with Crippen molar-refractivity contribution in [1.29, 1.82) is 0 Å². The van der Waals surface area contributed by atoms with Gasteiger partial charge in [-0.25, -0.2) is 0 Å². The third kappa shape index (κ3) is 4.27. The number of aliphatic hydroxyl groups excluding tert-OH is 1. The van der Waals surface area contributed by atoms with Crippen molar-refractivity contribution in [3.63, 3.8) is 0 Å². The first kappa shape index (κ1) is 22.4. The first-order valence-corrected chi connectivity index (χ1v) is 10.5. The molecule has 2 aromatic carbocycles. The number of halogens is 1. The number of likely N-dealkylation sites (tertiary alicyclic amines) is 1. The Kier molecular flexibility index (Phi) is 6.33. The van der Waals surface area contributed by atoms with Crippen LogP contribution in [0.25, 0.3) is 5.76 Å². The lowest BCUT2D eigenvalue weighted by Gasteiger charge is -2.26. The van der Waals surface area contributed by atoms with Gasteiger partial charge in [-0.15, -0.1) is 0 Å². The minimum atomic E-state index is -0.847. The number of ketones is 1. The van der Waals surface area contributed by atoms with Crippen LogP contribution in [0.15, 0.2) is 72.6 Å². The van der Waals surface area contributed by atoms with Gasteiger partial charge in [-0.05, 0) is 53.6 Å². The second kappa shape index (κ2) is 9.34. The monoisotopic (exact) mass is 464 g/mol. The van der Waals surface area contributed by atoms with Gasteiger partial charge in [0.15, 0.2) is 11.5 Å². The molecule has 4 rings (SSSR count). The highest BCUT2D eigenvalue weighted by atomic mass is 35.5. The number of hydrogen-bond acceptors (Lipinski definition) is 6. The molecule has 168 valence electrons. The fourth-order valence-corrected chi connectivity index (χ4v) is 3.99. The minimum Gasteiger partial charge on any atom is -0.507 e. The van der Waals surface area contributed by atoms with Crippen molar-refractivity contribution in [1.82, 2.24) is 9.88 Å². The van der Waals surface area contributed by atoms with Crippen LogP contribution in [0.4, 0.5) is 0 Å². The van der Waals surface area contributed by atoms with Gasteiger partial charge in [0.2, 0.25) is 0 Å². The molecule has 1 N–H and O–H groups in total. The Hall–Kier alpha value is -3.84. The molecule has 1 amide bonds. The molecule has 1 aliphatic rings. The third-order valence-electron chi connectivity index (χ3n) is 5.46. The number of ether oxygens (including phenoxy) is 2. The Morgan fingerprint density at radius 3 is 2.42 bits per heavy atom. The molecule has 0 bridgehead atoms. The number of methoxy groups -OCH3 is 2. The molecule has 7 nitrogen and oxygen atoms in total. The standard InChI is InChI=1S/C25H21ClN2O5/c1-32-19-10-7-17(12-20(19)33-2)22-21(23(29)16-5-8-18(26)9-6-16)24(30)25(31)28(22)14-15-4-3-11-27-13-15/h3-13,22,29H,14H2,1-2H3/t22-/m0/s1. The van der Waals surface area contributed by atoms with Gasteiger partial charge in [-0.1, -0.05) is 23.7 Å². The van der Waals surface area contributed by atoms with Gasteiger partial charge >= 0.3 is 0 Å². The van der Waals surface area contributed by atoms with Crippen molar-refractivity contribution in [2.45, 2.75) is 12.6 Å². The molecule has 0 spiro atoms. The van der Waals surface area contributed by atoms with E-state index in [4.69, 9.17) is 21.1 Å². The summed E-state index contributed by atoms with van der Waals surface area (Å²) in [6.45, 7) is 0.134. The van der Waals surface area contributed by atoms with E-state index in [0.717, 1.165) is 5.56 Å². The Morgan fingerprint density at radius 1 is 1.06 bits per heavy atom. The number of pyridine rings is 1. The molecule has 33 heavy (non-hydrogen) atoms. The number of hydrogen-bond donors (Lipinski definition) is 1. The molecule has 0 saturated carbocycles. The Bertz CT molecular complexity index is 1230. The number of rotatable bonds is 6. The minimum absolute atomic E-state index is 0.0153. The number of Topliss-reactive ketones (excluding diaryl/α,β-unsaturated/α-hetero) is 1. The fraction of sp³-hybridized carbons (Fsp3) is 0.160. The molecule has 1 saturated heterocycles. The predicted octanol–water partition coefficient (Wildman–Crippen LogP) is 4.37. The van der Waals surface area contributed by atoms with E-state index in [0.29, 0.717) is 27.6 Å². The first-order valence-electron chi connectivity index (χ1n) is 10.1. The zero-order valence-electron chi connectivity index (χ0n) is 18.0. The van der Waals surface area contributed by atoms with Gasteiger partial charge in [-0.2, -0.15) is 0 Å². The van der Waals surface area contributed by atoms with E-state index in [9.17, 15) is 14.7 Å². The summed E-state index contributed by atoms with van der Waals surface area (Å²) in [6.07, 6.45) is 3.26. The SMILES string of the molecule is COc1ccc([C@H]2C(=C(O)c3ccc(Cl)cc3)C(=O)C(=O)N2Cc2cccnc2)cc1OC. The number of benzene rings is 2. The highest BCUT2D eigenvalue weighted by Crippen LogP contribution is 2.42. The summed E-state index contributed by atoms with van der Waals surface area (Å²) in [6, 6.07) is 14.3. The number of nitrogens with zero attached hydrogens (tertiary/aromatic N) is 2. The summed E-state index contributed by atoms with van der Waals surface area (Å²) < 4.78 is 10.7. The lowest BCUT2D eigenvalue weighted by molar-refractivity contribution is -0.140. The van der Waals surface area contributed by atoms with Gasteiger partial charge in [0.05, 0.1) is 25.8 Å². The maximum absolute atomic E-state index is 13.1. The number of carbonyl (C=O) groups excluding carboxylic acids is 2. The van der Waals surface area contributed by atoms with E-state index in [1.807, 2.05) is 6.07 Å². The molecule has 1 aliphatic heterocycles. The molecule has 1 aromatic heterocycles. The van der Waals surface area contributed by atoms with E-state index in [2.05, 4.69) is 4.98 Å². The summed E-state index contributed by atoms with van der Waals surface area (Å²) in [4.78, 5) is 31.8. The van der Waals surface area contributed by atoms with Crippen LogP contribution < -0.4 is 9.47 Å². The van der Waals surface area contributed by atoms with Crippen LogP contribution in [0.5, 0.6) is 11.5 Å². The van der Waals surface area contributed by atoms with Crippen LogP contribution in [0, 0.1) is 0 Å². The molecule has 1 fully saturated rings. The average molecular weight is 465 g/mol. The third-order valence-corrected chi connectivity index (χ3v) is 5.71. The van der Waals surface area contributed by atoms with Crippen molar-refractivity contribution in [2.75, 3.05) is 14.2 Å².